The fourth-order valence-electron chi connectivity index (χ4n) is 2.79. The van der Waals surface area contributed by atoms with E-state index in [0.29, 0.717) is 19.0 Å². The Kier molecular flexibility index (Phi) is 5.08. The third-order valence-corrected chi connectivity index (χ3v) is 5.30. The molecule has 2 aromatic rings. The zero-order valence-electron chi connectivity index (χ0n) is 13.7. The number of benzene rings is 1. The molecule has 1 amide bonds. The van der Waals surface area contributed by atoms with E-state index in [1.807, 2.05) is 23.1 Å². The fraction of sp³-hybridized carbons (Fsp3) is 0.444. The fourth-order valence-corrected chi connectivity index (χ4v) is 3.62. The molecule has 2 heterocycles. The van der Waals surface area contributed by atoms with E-state index in [1.165, 1.54) is 5.56 Å². The maximum Gasteiger partial charge on any atom is 0.240 e. The predicted molar refractivity (Wildman–Crippen MR) is 93.3 cm³/mol. The van der Waals surface area contributed by atoms with Crippen LogP contribution >= 0.6 is 11.3 Å². The van der Waals surface area contributed by atoms with Crippen molar-refractivity contribution >= 4 is 17.2 Å². The highest BCUT2D eigenvalue weighted by molar-refractivity contribution is 7.09. The van der Waals surface area contributed by atoms with Gasteiger partial charge in [0.15, 0.2) is 0 Å². The van der Waals surface area contributed by atoms with Gasteiger partial charge in [0.25, 0.3) is 0 Å². The van der Waals surface area contributed by atoms with Gasteiger partial charge in [-0.15, -0.1) is 11.3 Å². The molecule has 1 aromatic heterocycles. The van der Waals surface area contributed by atoms with Crippen LogP contribution in [0.25, 0.3) is 0 Å². The number of likely N-dealkylation sites (tertiary alicyclic amines) is 1. The van der Waals surface area contributed by atoms with Gasteiger partial charge in [-0.2, -0.15) is 0 Å². The Labute approximate surface area is 141 Å². The quantitative estimate of drug-likeness (QED) is 0.885. The summed E-state index contributed by atoms with van der Waals surface area (Å²) in [6, 6.07) is 10.1. The molecule has 5 heteroatoms. The zero-order chi connectivity index (χ0) is 16.2. The standard InChI is InChI=1S/C18H23N3OS/c1-13(2)17-20-15(12-23-17)10-19-16-8-9-21(18(16)22)11-14-6-4-3-5-7-14/h3-7,12-13,16,19H,8-11H2,1-2H3. The van der Waals surface area contributed by atoms with Crippen molar-refractivity contribution < 1.29 is 4.79 Å². The van der Waals surface area contributed by atoms with E-state index in [-0.39, 0.29) is 11.9 Å². The van der Waals surface area contributed by atoms with Gasteiger partial charge in [0, 0.05) is 30.9 Å². The Balaban J connectivity index is 1.52. The Hall–Kier alpha value is -1.72. The summed E-state index contributed by atoms with van der Waals surface area (Å²) >= 11 is 1.70. The first-order valence-corrected chi connectivity index (χ1v) is 9.02. The van der Waals surface area contributed by atoms with Crippen molar-refractivity contribution in [1.29, 1.82) is 0 Å². The summed E-state index contributed by atoms with van der Waals surface area (Å²) in [4.78, 5) is 19.0. The predicted octanol–water partition coefficient (Wildman–Crippen LogP) is 3.16. The summed E-state index contributed by atoms with van der Waals surface area (Å²) < 4.78 is 0. The van der Waals surface area contributed by atoms with Gasteiger partial charge >= 0.3 is 0 Å². The molecule has 1 atom stereocenters. The van der Waals surface area contributed by atoms with E-state index in [1.54, 1.807) is 11.3 Å². The molecule has 3 rings (SSSR count). The number of nitrogens with zero attached hydrogens (tertiary/aromatic N) is 2. The molecular formula is C18H23N3OS. The van der Waals surface area contributed by atoms with Crippen LogP contribution < -0.4 is 5.32 Å². The van der Waals surface area contributed by atoms with Crippen LogP contribution in [0.1, 0.15) is 42.5 Å². The van der Waals surface area contributed by atoms with Gasteiger partial charge in [-0.1, -0.05) is 44.2 Å². The highest BCUT2D eigenvalue weighted by Gasteiger charge is 2.31. The molecule has 1 saturated heterocycles. The molecule has 0 saturated carbocycles. The van der Waals surface area contributed by atoms with Crippen LogP contribution in [0.5, 0.6) is 0 Å². The lowest BCUT2D eigenvalue weighted by Gasteiger charge is -2.17. The minimum atomic E-state index is -0.0806. The molecule has 0 aliphatic carbocycles. The first kappa shape index (κ1) is 16.1. The number of amides is 1. The minimum absolute atomic E-state index is 0.0806. The SMILES string of the molecule is CC(C)c1nc(CNC2CCN(Cc3ccccc3)C2=O)cs1. The maximum atomic E-state index is 12.5. The van der Waals surface area contributed by atoms with Gasteiger partial charge in [0.05, 0.1) is 16.7 Å². The van der Waals surface area contributed by atoms with E-state index < -0.39 is 0 Å². The van der Waals surface area contributed by atoms with E-state index in [2.05, 4.69) is 41.7 Å². The number of carbonyl (C=O) groups is 1. The average molecular weight is 329 g/mol. The van der Waals surface area contributed by atoms with Crippen LogP contribution in [0.4, 0.5) is 0 Å². The first-order valence-electron chi connectivity index (χ1n) is 8.14. The molecule has 4 nitrogen and oxygen atoms in total. The summed E-state index contributed by atoms with van der Waals surface area (Å²) in [6.07, 6.45) is 0.868. The number of thiazole rings is 1. The first-order chi connectivity index (χ1) is 11.1. The summed E-state index contributed by atoms with van der Waals surface area (Å²) in [5.41, 5.74) is 2.22. The van der Waals surface area contributed by atoms with Crippen LogP contribution in [0.15, 0.2) is 35.7 Å². The van der Waals surface area contributed by atoms with Crippen molar-refractivity contribution in [2.24, 2.45) is 0 Å². The van der Waals surface area contributed by atoms with E-state index in [0.717, 1.165) is 23.7 Å². The Morgan fingerprint density at radius 1 is 1.35 bits per heavy atom. The maximum absolute atomic E-state index is 12.5. The lowest BCUT2D eigenvalue weighted by atomic mass is 10.2. The van der Waals surface area contributed by atoms with Crippen molar-refractivity contribution in [2.75, 3.05) is 6.54 Å². The molecule has 0 radical (unpaired) electrons. The Morgan fingerprint density at radius 3 is 2.83 bits per heavy atom. The van der Waals surface area contributed by atoms with Crippen molar-refractivity contribution in [1.82, 2.24) is 15.2 Å². The number of hydrogen-bond donors (Lipinski definition) is 1. The molecule has 1 fully saturated rings. The third-order valence-electron chi connectivity index (χ3n) is 4.11. The van der Waals surface area contributed by atoms with Gasteiger partial charge in [-0.25, -0.2) is 4.98 Å². The normalized spacial score (nSPS) is 18.1. The van der Waals surface area contributed by atoms with Gasteiger partial charge < -0.3 is 10.2 Å². The highest BCUT2D eigenvalue weighted by Crippen LogP contribution is 2.20. The molecule has 1 N–H and O–H groups in total. The average Bonchev–Trinajstić information content (AvgIpc) is 3.15. The molecule has 1 aliphatic heterocycles. The second kappa shape index (κ2) is 7.23. The minimum Gasteiger partial charge on any atom is -0.337 e. The number of rotatable bonds is 6. The summed E-state index contributed by atoms with van der Waals surface area (Å²) in [6.45, 7) is 6.49. The summed E-state index contributed by atoms with van der Waals surface area (Å²) in [5, 5.41) is 6.61. The van der Waals surface area contributed by atoms with Crippen molar-refractivity contribution in [3.8, 4) is 0 Å². The second-order valence-electron chi connectivity index (χ2n) is 6.30. The monoisotopic (exact) mass is 329 g/mol. The molecular weight excluding hydrogens is 306 g/mol. The lowest BCUT2D eigenvalue weighted by Crippen LogP contribution is -2.37. The second-order valence-corrected chi connectivity index (χ2v) is 7.19. The molecule has 122 valence electrons. The van der Waals surface area contributed by atoms with Crippen LogP contribution in [-0.4, -0.2) is 28.4 Å². The van der Waals surface area contributed by atoms with E-state index >= 15 is 0 Å². The topological polar surface area (TPSA) is 45.2 Å². The van der Waals surface area contributed by atoms with Crippen LogP contribution in [0, 0.1) is 0 Å². The number of nitrogens with one attached hydrogen (secondary N) is 1. The van der Waals surface area contributed by atoms with Crippen LogP contribution in [0.2, 0.25) is 0 Å². The van der Waals surface area contributed by atoms with Gasteiger partial charge in [0.2, 0.25) is 5.91 Å². The number of hydrogen-bond acceptors (Lipinski definition) is 4. The smallest absolute Gasteiger partial charge is 0.240 e. The Morgan fingerprint density at radius 2 is 2.13 bits per heavy atom. The molecule has 0 bridgehead atoms. The molecule has 1 unspecified atom stereocenters. The molecule has 1 aliphatic rings. The van der Waals surface area contributed by atoms with E-state index in [4.69, 9.17) is 0 Å². The zero-order valence-corrected chi connectivity index (χ0v) is 14.5. The molecule has 23 heavy (non-hydrogen) atoms. The number of aromatic nitrogens is 1. The lowest BCUT2D eigenvalue weighted by molar-refractivity contribution is -0.129. The van der Waals surface area contributed by atoms with Crippen LogP contribution in [0.3, 0.4) is 0 Å². The van der Waals surface area contributed by atoms with Gasteiger partial charge in [-0.05, 0) is 12.0 Å². The van der Waals surface area contributed by atoms with Crippen LogP contribution in [-0.2, 0) is 17.9 Å². The number of carbonyl (C=O) groups excluding carboxylic acids is 1. The Bertz CT molecular complexity index is 653. The van der Waals surface area contributed by atoms with E-state index in [9.17, 15) is 4.79 Å². The third kappa shape index (κ3) is 3.98. The van der Waals surface area contributed by atoms with Crippen molar-refractivity contribution in [3.63, 3.8) is 0 Å². The summed E-state index contributed by atoms with van der Waals surface area (Å²) in [5.74, 6) is 0.663. The van der Waals surface area contributed by atoms with Gasteiger partial charge in [0.1, 0.15) is 0 Å². The van der Waals surface area contributed by atoms with Crippen molar-refractivity contribution in [3.05, 3.63) is 52.0 Å². The van der Waals surface area contributed by atoms with Gasteiger partial charge in [-0.3, -0.25) is 4.79 Å². The van der Waals surface area contributed by atoms with Crippen molar-refractivity contribution in [2.45, 2.75) is 45.3 Å². The largest absolute Gasteiger partial charge is 0.337 e. The molecule has 0 spiro atoms. The highest BCUT2D eigenvalue weighted by atomic mass is 32.1. The summed E-state index contributed by atoms with van der Waals surface area (Å²) in [7, 11) is 0. The molecule has 1 aromatic carbocycles.